The van der Waals surface area contributed by atoms with Gasteiger partial charge in [0.05, 0.1) is 0 Å². The highest BCUT2D eigenvalue weighted by Crippen LogP contribution is 2.26. The molecule has 1 N–H and O–H groups in total. The molecule has 0 saturated carbocycles. The Bertz CT molecular complexity index is 596. The highest BCUT2D eigenvalue weighted by molar-refractivity contribution is 7.86. The van der Waals surface area contributed by atoms with Crippen molar-refractivity contribution >= 4 is 10.2 Å². The number of piperidine rings is 1. The predicted molar refractivity (Wildman–Crippen MR) is 71.0 cm³/mol. The maximum absolute atomic E-state index is 12.1. The van der Waals surface area contributed by atoms with E-state index >= 15 is 0 Å². The first kappa shape index (κ1) is 14.2. The van der Waals surface area contributed by atoms with Crippen LogP contribution < -0.4 is 5.69 Å². The smallest absolute Gasteiger partial charge is 0.309 e. The molecule has 0 amide bonds. The Morgan fingerprint density at radius 3 is 2.84 bits per heavy atom. The first-order valence-electron chi connectivity index (χ1n) is 6.14. The Labute approximate surface area is 112 Å². The molecule has 106 valence electrons. The van der Waals surface area contributed by atoms with Gasteiger partial charge in [-0.1, -0.05) is 0 Å². The van der Waals surface area contributed by atoms with Crippen molar-refractivity contribution in [1.29, 1.82) is 0 Å². The number of hydrogen-bond acceptors (Lipinski definition) is 4. The van der Waals surface area contributed by atoms with Crippen LogP contribution in [0.4, 0.5) is 0 Å². The van der Waals surface area contributed by atoms with Gasteiger partial charge < -0.3 is 4.98 Å². The van der Waals surface area contributed by atoms with Gasteiger partial charge in [-0.15, -0.1) is 0 Å². The summed E-state index contributed by atoms with van der Waals surface area (Å²) >= 11 is 0. The number of aromatic amines is 1. The molecule has 0 aliphatic carbocycles. The minimum absolute atomic E-state index is 0.0131. The molecule has 19 heavy (non-hydrogen) atoms. The van der Waals surface area contributed by atoms with Crippen molar-refractivity contribution in [1.82, 2.24) is 18.6 Å². The predicted octanol–water partition coefficient (Wildman–Crippen LogP) is -0.244. The van der Waals surface area contributed by atoms with Gasteiger partial charge >= 0.3 is 5.69 Å². The van der Waals surface area contributed by atoms with Crippen molar-refractivity contribution in [3.05, 3.63) is 28.4 Å². The molecular weight excluding hydrogens is 268 g/mol. The maximum atomic E-state index is 12.1. The minimum Gasteiger partial charge on any atom is -0.309 e. The molecule has 1 aliphatic rings. The van der Waals surface area contributed by atoms with E-state index < -0.39 is 15.9 Å². The molecule has 0 radical (unpaired) electrons. The topological polar surface area (TPSA) is 86.4 Å². The fraction of sp³-hybridized carbons (Fsp3) is 0.636. The molecule has 1 unspecified atom stereocenters. The number of H-pyrrole nitrogens is 1. The summed E-state index contributed by atoms with van der Waals surface area (Å²) in [6, 6.07) is 1.73. The third kappa shape index (κ3) is 3.02. The van der Waals surface area contributed by atoms with Crippen LogP contribution in [-0.2, 0) is 10.2 Å². The zero-order chi connectivity index (χ0) is 14.0. The van der Waals surface area contributed by atoms with Crippen molar-refractivity contribution in [3.63, 3.8) is 0 Å². The van der Waals surface area contributed by atoms with E-state index in [1.165, 1.54) is 28.9 Å². The van der Waals surface area contributed by atoms with Crippen LogP contribution in [0.25, 0.3) is 0 Å². The van der Waals surface area contributed by atoms with Gasteiger partial charge in [-0.05, 0) is 18.9 Å². The second-order valence-corrected chi connectivity index (χ2v) is 6.96. The maximum Gasteiger partial charge on any atom is 0.345 e. The summed E-state index contributed by atoms with van der Waals surface area (Å²) in [4.78, 5) is 17.5. The summed E-state index contributed by atoms with van der Waals surface area (Å²) < 4.78 is 26.9. The van der Waals surface area contributed by atoms with Crippen LogP contribution >= 0.6 is 0 Å². The summed E-state index contributed by atoms with van der Waals surface area (Å²) in [6.45, 7) is 0.910. The highest BCUT2D eigenvalue weighted by atomic mass is 32.2. The van der Waals surface area contributed by atoms with Gasteiger partial charge in [-0.3, -0.25) is 0 Å². The molecule has 1 aromatic rings. The van der Waals surface area contributed by atoms with Crippen LogP contribution in [-0.4, -0.2) is 54.2 Å². The summed E-state index contributed by atoms with van der Waals surface area (Å²) in [5.74, 6) is 0.0131. The van der Waals surface area contributed by atoms with Gasteiger partial charge in [0.15, 0.2) is 0 Å². The molecule has 0 aromatic carbocycles. The largest absolute Gasteiger partial charge is 0.345 e. The normalized spacial score (nSPS) is 21.7. The molecule has 0 spiro atoms. The van der Waals surface area contributed by atoms with Crippen molar-refractivity contribution < 1.29 is 8.42 Å². The van der Waals surface area contributed by atoms with Crippen LogP contribution in [0.5, 0.6) is 0 Å². The van der Waals surface area contributed by atoms with Crippen LogP contribution in [0.2, 0.25) is 0 Å². The van der Waals surface area contributed by atoms with E-state index in [2.05, 4.69) is 9.97 Å². The van der Waals surface area contributed by atoms with Gasteiger partial charge in [0.2, 0.25) is 0 Å². The second kappa shape index (κ2) is 5.40. The van der Waals surface area contributed by atoms with E-state index in [1.807, 2.05) is 0 Å². The monoisotopic (exact) mass is 286 g/mol. The average molecular weight is 286 g/mol. The Morgan fingerprint density at radius 1 is 1.47 bits per heavy atom. The molecule has 0 bridgehead atoms. The van der Waals surface area contributed by atoms with Crippen LogP contribution in [0.15, 0.2) is 17.1 Å². The quantitative estimate of drug-likeness (QED) is 0.830. The third-order valence-corrected chi connectivity index (χ3v) is 5.22. The van der Waals surface area contributed by atoms with Crippen molar-refractivity contribution in [3.8, 4) is 0 Å². The summed E-state index contributed by atoms with van der Waals surface area (Å²) in [6.07, 6.45) is 3.09. The lowest BCUT2D eigenvalue weighted by Gasteiger charge is -2.33. The lowest BCUT2D eigenvalue weighted by Crippen LogP contribution is -2.45. The molecule has 1 saturated heterocycles. The minimum atomic E-state index is -3.39. The number of nitrogens with one attached hydrogen (secondary N) is 1. The van der Waals surface area contributed by atoms with Gasteiger partial charge in [0, 0.05) is 45.0 Å². The fourth-order valence-electron chi connectivity index (χ4n) is 2.26. The van der Waals surface area contributed by atoms with Crippen LogP contribution in [0.1, 0.15) is 24.5 Å². The number of rotatable bonds is 3. The summed E-state index contributed by atoms with van der Waals surface area (Å²) in [7, 11) is -0.350. The molecule has 7 nitrogen and oxygen atoms in total. The SMILES string of the molecule is CN(C)S(=O)(=O)N1CCCC(c2ccnc(=O)[nH]2)C1. The highest BCUT2D eigenvalue weighted by Gasteiger charge is 2.31. The molecule has 8 heteroatoms. The number of nitrogens with zero attached hydrogens (tertiary/aromatic N) is 3. The average Bonchev–Trinajstić information content (AvgIpc) is 2.38. The zero-order valence-corrected chi connectivity index (χ0v) is 11.9. The lowest BCUT2D eigenvalue weighted by atomic mass is 9.96. The molecule has 1 aromatic heterocycles. The standard InChI is InChI=1S/C11H18N4O3S/c1-14(2)19(17,18)15-7-3-4-9(8-15)10-5-6-12-11(16)13-10/h5-6,9H,3-4,7-8H2,1-2H3,(H,12,13,16). The van der Waals surface area contributed by atoms with Crippen molar-refractivity contribution in [2.45, 2.75) is 18.8 Å². The van der Waals surface area contributed by atoms with E-state index in [0.717, 1.165) is 18.5 Å². The van der Waals surface area contributed by atoms with Crippen molar-refractivity contribution in [2.24, 2.45) is 0 Å². The molecule has 1 aliphatic heterocycles. The van der Waals surface area contributed by atoms with Gasteiger partial charge in [-0.2, -0.15) is 17.0 Å². The zero-order valence-electron chi connectivity index (χ0n) is 11.0. The Hall–Kier alpha value is -1.25. The van der Waals surface area contributed by atoms with Crippen LogP contribution in [0, 0.1) is 0 Å². The van der Waals surface area contributed by atoms with Gasteiger partial charge in [-0.25, -0.2) is 9.78 Å². The first-order chi connectivity index (χ1) is 8.91. The molecular formula is C11H18N4O3S. The van der Waals surface area contributed by atoms with E-state index in [4.69, 9.17) is 0 Å². The lowest BCUT2D eigenvalue weighted by molar-refractivity contribution is 0.296. The molecule has 1 atom stereocenters. The third-order valence-electron chi connectivity index (χ3n) is 3.31. The summed E-state index contributed by atoms with van der Waals surface area (Å²) in [5.41, 5.74) is 0.351. The van der Waals surface area contributed by atoms with E-state index in [0.29, 0.717) is 13.1 Å². The van der Waals surface area contributed by atoms with Crippen molar-refractivity contribution in [2.75, 3.05) is 27.2 Å². The number of aromatic nitrogens is 2. The van der Waals surface area contributed by atoms with E-state index in [9.17, 15) is 13.2 Å². The first-order valence-corrected chi connectivity index (χ1v) is 7.54. The Morgan fingerprint density at radius 2 is 2.21 bits per heavy atom. The second-order valence-electron chi connectivity index (χ2n) is 4.82. The summed E-state index contributed by atoms with van der Waals surface area (Å²) in [5, 5.41) is 0. The Kier molecular flexibility index (Phi) is 4.02. The fourth-order valence-corrected chi connectivity index (χ4v) is 3.45. The molecule has 2 heterocycles. The molecule has 2 rings (SSSR count). The van der Waals surface area contributed by atoms with Gasteiger partial charge in [0.25, 0.3) is 10.2 Å². The Balaban J connectivity index is 2.21. The van der Waals surface area contributed by atoms with Gasteiger partial charge in [0.1, 0.15) is 0 Å². The van der Waals surface area contributed by atoms with E-state index in [-0.39, 0.29) is 5.92 Å². The van der Waals surface area contributed by atoms with Crippen LogP contribution in [0.3, 0.4) is 0 Å². The van der Waals surface area contributed by atoms with E-state index in [1.54, 1.807) is 6.07 Å². The number of hydrogen-bond donors (Lipinski definition) is 1. The molecule has 1 fully saturated rings.